The monoisotopic (exact) mass is 446 g/mol. The van der Waals surface area contributed by atoms with Gasteiger partial charge in [0.1, 0.15) is 5.75 Å². The van der Waals surface area contributed by atoms with E-state index in [0.29, 0.717) is 27.9 Å². The number of benzene rings is 2. The Morgan fingerprint density at radius 3 is 2.36 bits per heavy atom. The number of primary sulfonamides is 1. The van der Waals surface area contributed by atoms with Gasteiger partial charge in [-0.15, -0.1) is 0 Å². The maximum atomic E-state index is 13.0. The number of rotatable bonds is 4. The minimum absolute atomic E-state index is 0.0299. The van der Waals surface area contributed by atoms with Gasteiger partial charge in [-0.25, -0.2) is 22.0 Å². The highest BCUT2D eigenvalue weighted by molar-refractivity contribution is 9.10. The Kier molecular flexibility index (Phi) is 4.56. The van der Waals surface area contributed by atoms with Crippen molar-refractivity contribution in [3.8, 4) is 5.75 Å². The van der Waals surface area contributed by atoms with Gasteiger partial charge in [-0.2, -0.15) is 0 Å². The molecule has 25 heavy (non-hydrogen) atoms. The number of fused-ring (bicyclic) bond motifs is 1. The van der Waals surface area contributed by atoms with E-state index in [4.69, 9.17) is 9.88 Å². The number of nitrogens with two attached hydrogens (primary N) is 1. The van der Waals surface area contributed by atoms with E-state index in [1.54, 1.807) is 6.07 Å². The third kappa shape index (κ3) is 3.26. The fourth-order valence-corrected chi connectivity index (χ4v) is 5.50. The van der Waals surface area contributed by atoms with E-state index in [1.807, 2.05) is 0 Å². The second-order valence-corrected chi connectivity index (χ2v) is 9.74. The molecule has 0 amide bonds. The largest absolute Gasteiger partial charge is 0.496 e. The lowest BCUT2D eigenvalue weighted by Crippen LogP contribution is -2.29. The smallest absolute Gasteiger partial charge is 0.264 e. The van der Waals surface area contributed by atoms with Crippen LogP contribution < -0.4 is 14.2 Å². The van der Waals surface area contributed by atoms with Crippen molar-refractivity contribution >= 4 is 41.7 Å². The first-order chi connectivity index (χ1) is 11.6. The van der Waals surface area contributed by atoms with Gasteiger partial charge in [-0.3, -0.25) is 4.31 Å². The maximum Gasteiger partial charge on any atom is 0.264 e. The van der Waals surface area contributed by atoms with Crippen molar-refractivity contribution in [2.45, 2.75) is 16.2 Å². The highest BCUT2D eigenvalue weighted by Crippen LogP contribution is 2.36. The maximum absolute atomic E-state index is 13.0. The third-order valence-corrected chi connectivity index (χ3v) is 7.28. The zero-order valence-electron chi connectivity index (χ0n) is 13.1. The Labute approximate surface area is 154 Å². The molecule has 2 N–H and O–H groups in total. The molecule has 7 nitrogen and oxygen atoms in total. The summed E-state index contributed by atoms with van der Waals surface area (Å²) in [7, 11) is -6.12. The van der Waals surface area contributed by atoms with Crippen LogP contribution in [0.15, 0.2) is 50.7 Å². The molecule has 0 saturated heterocycles. The lowest BCUT2D eigenvalue weighted by Gasteiger charge is -2.20. The number of hydrogen-bond acceptors (Lipinski definition) is 5. The van der Waals surface area contributed by atoms with Gasteiger partial charge in [0.2, 0.25) is 10.0 Å². The summed E-state index contributed by atoms with van der Waals surface area (Å²) >= 11 is 3.28. The van der Waals surface area contributed by atoms with E-state index in [-0.39, 0.29) is 16.3 Å². The average molecular weight is 447 g/mol. The highest BCUT2D eigenvalue weighted by atomic mass is 79.9. The molecule has 2 aromatic rings. The fraction of sp³-hybridized carbons (Fsp3) is 0.200. The van der Waals surface area contributed by atoms with Crippen molar-refractivity contribution in [1.29, 1.82) is 0 Å². The van der Waals surface area contributed by atoms with Gasteiger partial charge < -0.3 is 4.74 Å². The Balaban J connectivity index is 2.03. The number of anilines is 1. The van der Waals surface area contributed by atoms with Crippen LogP contribution in [0.2, 0.25) is 0 Å². The van der Waals surface area contributed by atoms with Gasteiger partial charge in [0.25, 0.3) is 10.0 Å². The molecule has 3 rings (SSSR count). The summed E-state index contributed by atoms with van der Waals surface area (Å²) in [5, 5.41) is 5.13. The van der Waals surface area contributed by atoms with Gasteiger partial charge in [0.05, 0.1) is 27.1 Å². The Bertz CT molecular complexity index is 1050. The minimum atomic E-state index is -3.83. The van der Waals surface area contributed by atoms with Crippen molar-refractivity contribution in [2.75, 3.05) is 18.0 Å². The van der Waals surface area contributed by atoms with Crippen LogP contribution in [0.1, 0.15) is 5.56 Å². The fourth-order valence-electron chi connectivity index (χ4n) is 2.71. The summed E-state index contributed by atoms with van der Waals surface area (Å²) in [6, 6.07) is 8.72. The summed E-state index contributed by atoms with van der Waals surface area (Å²) in [4.78, 5) is 0.0845. The second-order valence-electron chi connectivity index (χ2n) is 5.46. The lowest BCUT2D eigenvalue weighted by molar-refractivity contribution is 0.411. The average Bonchev–Trinajstić information content (AvgIpc) is 2.97. The van der Waals surface area contributed by atoms with Crippen molar-refractivity contribution in [2.24, 2.45) is 5.14 Å². The molecule has 0 fully saturated rings. The first kappa shape index (κ1) is 18.2. The molecule has 0 radical (unpaired) electrons. The van der Waals surface area contributed by atoms with Crippen molar-refractivity contribution in [3.63, 3.8) is 0 Å². The number of halogens is 1. The van der Waals surface area contributed by atoms with E-state index < -0.39 is 20.0 Å². The number of nitrogens with zero attached hydrogens (tertiary/aromatic N) is 1. The highest BCUT2D eigenvalue weighted by Gasteiger charge is 2.32. The Hall–Kier alpha value is -1.62. The molecule has 1 aliphatic rings. The Morgan fingerprint density at radius 1 is 1.08 bits per heavy atom. The number of ether oxygens (including phenoxy) is 1. The third-order valence-electron chi connectivity index (χ3n) is 3.94. The standard InChI is InChI=1S/C15H15BrN2O5S2/c1-23-15-5-3-12(9-13(15)16)25(21,22)18-7-6-10-8-11(24(17,19)20)2-4-14(10)18/h2-5,8-9H,6-7H2,1H3,(H2,17,19,20). The molecular weight excluding hydrogens is 432 g/mol. The quantitative estimate of drug-likeness (QED) is 0.770. The predicted octanol–water partition coefficient (Wildman–Crippen LogP) is 1.86. The summed E-state index contributed by atoms with van der Waals surface area (Å²) in [5.74, 6) is 0.526. The van der Waals surface area contributed by atoms with Crippen molar-refractivity contribution < 1.29 is 21.6 Å². The van der Waals surface area contributed by atoms with Gasteiger partial charge >= 0.3 is 0 Å². The molecule has 0 aromatic heterocycles. The SMILES string of the molecule is COc1ccc(S(=O)(=O)N2CCc3cc(S(N)(=O)=O)ccc32)cc1Br. The molecule has 0 spiro atoms. The van der Waals surface area contributed by atoms with Crippen LogP contribution in [-0.2, 0) is 26.5 Å². The van der Waals surface area contributed by atoms with Gasteiger partial charge in [-0.05, 0) is 64.3 Å². The number of methoxy groups -OCH3 is 1. The zero-order chi connectivity index (χ0) is 18.4. The van der Waals surface area contributed by atoms with Crippen molar-refractivity contribution in [3.05, 3.63) is 46.4 Å². The van der Waals surface area contributed by atoms with Crippen LogP contribution in [0.3, 0.4) is 0 Å². The van der Waals surface area contributed by atoms with Gasteiger partial charge in [0.15, 0.2) is 0 Å². The van der Waals surface area contributed by atoms with E-state index >= 15 is 0 Å². The summed E-state index contributed by atoms with van der Waals surface area (Å²) in [5.41, 5.74) is 1.09. The van der Waals surface area contributed by atoms with Gasteiger partial charge in [0, 0.05) is 6.54 Å². The van der Waals surface area contributed by atoms with Gasteiger partial charge in [-0.1, -0.05) is 0 Å². The van der Waals surface area contributed by atoms with Crippen LogP contribution >= 0.6 is 15.9 Å². The first-order valence-electron chi connectivity index (χ1n) is 7.16. The molecule has 0 atom stereocenters. The van der Waals surface area contributed by atoms with E-state index in [0.717, 1.165) is 0 Å². The number of sulfonamides is 2. The zero-order valence-corrected chi connectivity index (χ0v) is 16.4. The van der Waals surface area contributed by atoms with Crippen LogP contribution in [0, 0.1) is 0 Å². The molecule has 10 heteroatoms. The van der Waals surface area contributed by atoms with Crippen LogP contribution in [0.4, 0.5) is 5.69 Å². The second kappa shape index (κ2) is 6.27. The Morgan fingerprint density at radius 2 is 1.76 bits per heavy atom. The molecule has 0 bridgehead atoms. The normalized spacial score (nSPS) is 14.4. The molecule has 1 heterocycles. The summed E-state index contributed by atoms with van der Waals surface area (Å²) in [6.07, 6.45) is 0.412. The minimum Gasteiger partial charge on any atom is -0.496 e. The molecule has 2 aromatic carbocycles. The van der Waals surface area contributed by atoms with E-state index in [2.05, 4.69) is 15.9 Å². The van der Waals surface area contributed by atoms with E-state index in [9.17, 15) is 16.8 Å². The first-order valence-corrected chi connectivity index (χ1v) is 10.9. The predicted molar refractivity (Wildman–Crippen MR) is 96.7 cm³/mol. The molecule has 1 aliphatic heterocycles. The lowest BCUT2D eigenvalue weighted by atomic mass is 10.2. The van der Waals surface area contributed by atoms with Crippen LogP contribution in [-0.4, -0.2) is 30.5 Å². The number of hydrogen-bond donors (Lipinski definition) is 1. The van der Waals surface area contributed by atoms with Crippen LogP contribution in [0.5, 0.6) is 5.75 Å². The topological polar surface area (TPSA) is 107 Å². The molecule has 0 saturated carbocycles. The molecular formula is C15H15BrN2O5S2. The van der Waals surface area contributed by atoms with Crippen LogP contribution in [0.25, 0.3) is 0 Å². The summed E-state index contributed by atoms with van der Waals surface area (Å²) < 4.78 is 55.7. The van der Waals surface area contributed by atoms with Crippen molar-refractivity contribution in [1.82, 2.24) is 0 Å². The molecule has 0 aliphatic carbocycles. The van der Waals surface area contributed by atoms with E-state index in [1.165, 1.54) is 41.7 Å². The molecule has 134 valence electrons. The summed E-state index contributed by atoms with van der Waals surface area (Å²) in [6.45, 7) is 0.232. The molecule has 0 unspecified atom stereocenters.